The molecule has 3 rings (SSSR count). The smallest absolute Gasteiger partial charge is 0.256 e. The second-order valence-electron chi connectivity index (χ2n) is 6.70. The number of hydrogen-bond donors (Lipinski definition) is 2. The highest BCUT2D eigenvalue weighted by Crippen LogP contribution is 2.25. The minimum absolute atomic E-state index is 0.102. The highest BCUT2D eigenvalue weighted by atomic mass is 32.2. The van der Waals surface area contributed by atoms with Gasteiger partial charge in [0.1, 0.15) is 0 Å². The summed E-state index contributed by atoms with van der Waals surface area (Å²) in [6, 6.07) is 6.40. The summed E-state index contributed by atoms with van der Waals surface area (Å²) in [6.07, 6.45) is 7.52. The number of rotatable bonds is 7. The Morgan fingerprint density at radius 3 is 2.61 bits per heavy atom. The van der Waals surface area contributed by atoms with Crippen LogP contribution in [0.2, 0.25) is 0 Å². The lowest BCUT2D eigenvalue weighted by Gasteiger charge is -2.11. The molecule has 1 aromatic heterocycles. The Kier molecular flexibility index (Phi) is 6.35. The van der Waals surface area contributed by atoms with Gasteiger partial charge in [-0.2, -0.15) is 0 Å². The van der Waals surface area contributed by atoms with Crippen molar-refractivity contribution in [2.24, 2.45) is 0 Å². The summed E-state index contributed by atoms with van der Waals surface area (Å²) in [7, 11) is -3.24. The molecule has 0 saturated heterocycles. The Hall–Kier alpha value is -2.81. The normalized spacial score (nSPS) is 14.6. The quantitative estimate of drug-likeness (QED) is 0.734. The molecule has 1 fully saturated rings. The second-order valence-corrected chi connectivity index (χ2v) is 9.10. The summed E-state index contributed by atoms with van der Waals surface area (Å²) in [5.74, 6) is -0.622. The molecule has 148 valence electrons. The average molecular weight is 402 g/mol. The van der Waals surface area contributed by atoms with Gasteiger partial charge >= 0.3 is 0 Å². The lowest BCUT2D eigenvalue weighted by atomic mass is 10.2. The van der Waals surface area contributed by atoms with Crippen LogP contribution in [0, 0.1) is 0 Å². The number of carbonyl (C=O) groups excluding carboxylic acids is 2. The fraction of sp³-hybridized carbons (Fsp3) is 0.368. The Bertz CT molecular complexity index is 941. The molecule has 28 heavy (non-hydrogen) atoms. The number of nitrogens with one attached hydrogen (secondary N) is 2. The number of aromatic nitrogens is 2. The van der Waals surface area contributed by atoms with Crippen molar-refractivity contribution in [3.8, 4) is 0 Å². The first-order valence-corrected chi connectivity index (χ1v) is 10.8. The lowest BCUT2D eigenvalue weighted by Crippen LogP contribution is -2.24. The van der Waals surface area contributed by atoms with Crippen molar-refractivity contribution in [3.63, 3.8) is 0 Å². The van der Waals surface area contributed by atoms with Gasteiger partial charge in [0, 0.05) is 30.1 Å². The minimum atomic E-state index is -3.24. The van der Waals surface area contributed by atoms with Crippen molar-refractivity contribution < 1.29 is 18.0 Å². The summed E-state index contributed by atoms with van der Waals surface area (Å²) in [6.45, 7) is 0. The summed E-state index contributed by atoms with van der Waals surface area (Å²) in [5.41, 5.74) is 0.761. The number of amides is 2. The Morgan fingerprint density at radius 2 is 1.89 bits per heavy atom. The van der Waals surface area contributed by atoms with Crippen molar-refractivity contribution in [3.05, 3.63) is 48.4 Å². The summed E-state index contributed by atoms with van der Waals surface area (Å²) in [5, 5.41) is 4.95. The maximum atomic E-state index is 12.3. The van der Waals surface area contributed by atoms with Gasteiger partial charge < -0.3 is 10.6 Å². The van der Waals surface area contributed by atoms with Gasteiger partial charge in [-0.05, 0) is 31.0 Å². The van der Waals surface area contributed by atoms with Gasteiger partial charge in [0.2, 0.25) is 5.91 Å². The molecule has 1 saturated carbocycles. The van der Waals surface area contributed by atoms with Crippen LogP contribution in [0.5, 0.6) is 0 Å². The molecule has 0 atom stereocenters. The van der Waals surface area contributed by atoms with Crippen molar-refractivity contribution in [2.75, 3.05) is 16.4 Å². The highest BCUT2D eigenvalue weighted by Gasteiger charge is 2.28. The average Bonchev–Trinajstić information content (AvgIpc) is 3.23. The van der Waals surface area contributed by atoms with Gasteiger partial charge in [-0.1, -0.05) is 18.9 Å². The van der Waals surface area contributed by atoms with Crippen molar-refractivity contribution in [1.29, 1.82) is 0 Å². The standard InChI is InChI=1S/C19H22N4O4S/c24-18(8-11-28(26,27)16-6-1-2-7-16)22-15-5-3-4-14(12-15)19(25)23-17-13-20-9-10-21-17/h3-5,9-10,12-13,16H,1-2,6-8,11H2,(H,22,24)(H,21,23,25). The van der Waals surface area contributed by atoms with Gasteiger partial charge in [0.25, 0.3) is 5.91 Å². The molecule has 2 N–H and O–H groups in total. The molecule has 0 bridgehead atoms. The van der Waals surface area contributed by atoms with Crippen molar-refractivity contribution in [1.82, 2.24) is 9.97 Å². The topological polar surface area (TPSA) is 118 Å². The first kappa shape index (κ1) is 19.9. The van der Waals surface area contributed by atoms with E-state index in [1.807, 2.05) is 0 Å². The van der Waals surface area contributed by atoms with Crippen molar-refractivity contribution in [2.45, 2.75) is 37.4 Å². The molecule has 2 aromatic rings. The molecule has 1 heterocycles. The molecule has 1 aliphatic carbocycles. The Morgan fingerprint density at radius 1 is 1.11 bits per heavy atom. The fourth-order valence-electron chi connectivity index (χ4n) is 3.16. The van der Waals surface area contributed by atoms with E-state index in [2.05, 4.69) is 20.6 Å². The minimum Gasteiger partial charge on any atom is -0.326 e. The largest absolute Gasteiger partial charge is 0.326 e. The lowest BCUT2D eigenvalue weighted by molar-refractivity contribution is -0.115. The van der Waals surface area contributed by atoms with Crippen LogP contribution in [-0.4, -0.2) is 41.2 Å². The van der Waals surface area contributed by atoms with Gasteiger partial charge in [-0.3, -0.25) is 14.6 Å². The maximum Gasteiger partial charge on any atom is 0.256 e. The number of benzene rings is 1. The summed E-state index contributed by atoms with van der Waals surface area (Å²) in [4.78, 5) is 32.3. The van der Waals surface area contributed by atoms with Crippen LogP contribution in [0.3, 0.4) is 0 Å². The molecular formula is C19H22N4O4S. The SMILES string of the molecule is O=C(CCS(=O)(=O)C1CCCC1)Nc1cccc(C(=O)Nc2cnccn2)c1. The van der Waals surface area contributed by atoms with Crippen LogP contribution < -0.4 is 10.6 Å². The molecule has 9 heteroatoms. The van der Waals surface area contributed by atoms with Crippen LogP contribution in [0.1, 0.15) is 42.5 Å². The molecule has 8 nitrogen and oxygen atoms in total. The summed E-state index contributed by atoms with van der Waals surface area (Å²) >= 11 is 0. The monoisotopic (exact) mass is 402 g/mol. The fourth-order valence-corrected chi connectivity index (χ4v) is 5.02. The predicted molar refractivity (Wildman–Crippen MR) is 106 cm³/mol. The van der Waals surface area contributed by atoms with E-state index in [4.69, 9.17) is 0 Å². The zero-order valence-electron chi connectivity index (χ0n) is 15.3. The van der Waals surface area contributed by atoms with Crippen LogP contribution in [0.15, 0.2) is 42.9 Å². The van der Waals surface area contributed by atoms with Gasteiger partial charge in [0.05, 0.1) is 17.2 Å². The number of hydrogen-bond acceptors (Lipinski definition) is 6. The molecule has 2 amide bonds. The predicted octanol–water partition coefficient (Wildman–Crippen LogP) is 2.41. The molecule has 0 spiro atoms. The maximum absolute atomic E-state index is 12.3. The first-order chi connectivity index (χ1) is 13.4. The molecular weight excluding hydrogens is 380 g/mol. The van der Waals surface area contributed by atoms with E-state index in [-0.39, 0.29) is 23.3 Å². The molecule has 1 aromatic carbocycles. The van der Waals surface area contributed by atoms with E-state index in [0.717, 1.165) is 12.8 Å². The number of anilines is 2. The number of carbonyl (C=O) groups is 2. The Balaban J connectivity index is 1.56. The molecule has 0 aliphatic heterocycles. The van der Waals surface area contributed by atoms with Gasteiger partial charge in [-0.25, -0.2) is 13.4 Å². The third-order valence-corrected chi connectivity index (χ3v) is 6.90. The third-order valence-electron chi connectivity index (χ3n) is 4.64. The molecule has 0 radical (unpaired) electrons. The van der Waals surface area contributed by atoms with Gasteiger partial charge in [0.15, 0.2) is 15.7 Å². The van der Waals surface area contributed by atoms with E-state index in [1.165, 1.54) is 24.7 Å². The number of nitrogens with zero attached hydrogens (tertiary/aromatic N) is 2. The zero-order valence-corrected chi connectivity index (χ0v) is 16.1. The molecule has 1 aliphatic rings. The van der Waals surface area contributed by atoms with Crippen LogP contribution in [-0.2, 0) is 14.6 Å². The van der Waals surface area contributed by atoms with E-state index in [1.54, 1.807) is 18.2 Å². The third kappa shape index (κ3) is 5.35. The van der Waals surface area contributed by atoms with E-state index in [9.17, 15) is 18.0 Å². The number of sulfone groups is 1. The van der Waals surface area contributed by atoms with E-state index >= 15 is 0 Å². The van der Waals surface area contributed by atoms with E-state index in [0.29, 0.717) is 29.9 Å². The van der Waals surface area contributed by atoms with E-state index < -0.39 is 15.7 Å². The highest BCUT2D eigenvalue weighted by molar-refractivity contribution is 7.92. The van der Waals surface area contributed by atoms with Crippen molar-refractivity contribution >= 4 is 33.2 Å². The van der Waals surface area contributed by atoms with Crippen LogP contribution in [0.4, 0.5) is 11.5 Å². The van der Waals surface area contributed by atoms with Gasteiger partial charge in [-0.15, -0.1) is 0 Å². The zero-order chi connectivity index (χ0) is 20.0. The summed E-state index contributed by atoms with van der Waals surface area (Å²) < 4.78 is 24.5. The molecule has 0 unspecified atom stereocenters. The Labute approximate surface area is 163 Å². The first-order valence-electron chi connectivity index (χ1n) is 9.13. The van der Waals surface area contributed by atoms with Crippen LogP contribution in [0.25, 0.3) is 0 Å². The van der Waals surface area contributed by atoms with Crippen LogP contribution >= 0.6 is 0 Å². The second kappa shape index (κ2) is 8.92.